The Morgan fingerprint density at radius 1 is 1.31 bits per heavy atom. The van der Waals surface area contributed by atoms with Gasteiger partial charge in [-0.25, -0.2) is 12.2 Å². The molecule has 13 heavy (non-hydrogen) atoms. The van der Waals surface area contributed by atoms with Gasteiger partial charge in [-0.2, -0.15) is 6.08 Å². The van der Waals surface area contributed by atoms with Crippen LogP contribution < -0.4 is 24.8 Å². The Morgan fingerprint density at radius 3 is 2.23 bits per heavy atom. The minimum Gasteiger partial charge on any atom is -1.00 e. The van der Waals surface area contributed by atoms with Crippen LogP contribution in [-0.2, 0) is 26.2 Å². The molecule has 0 spiro atoms. The minimum atomic E-state index is 0. The van der Waals surface area contributed by atoms with Crippen molar-refractivity contribution in [2.75, 3.05) is 0 Å². The second-order valence-electron chi connectivity index (χ2n) is 1.61. The second kappa shape index (κ2) is 14.6. The summed E-state index contributed by atoms with van der Waals surface area (Å²) >= 11 is 0. The zero-order valence-corrected chi connectivity index (χ0v) is 10.6. The fraction of sp³-hybridized carbons (Fsp3) is 0.143. The van der Waals surface area contributed by atoms with Gasteiger partial charge in [-0.05, 0) is 0 Å². The molecule has 1 aromatic heterocycles. The number of hydrogen-bond donors (Lipinski definition) is 1. The van der Waals surface area contributed by atoms with Crippen molar-refractivity contribution < 1.29 is 51.0 Å². The quantitative estimate of drug-likeness (QED) is 0.487. The molecule has 0 aromatic carbocycles. The number of nitrogens with one attached hydrogen (secondary N) is 1. The van der Waals surface area contributed by atoms with Crippen LogP contribution in [0.4, 0.5) is 0 Å². The SMILES string of the molecule is [C-]1=CC=CC1.[Cl-].[Cl-].[Zr+4].[c-]1c[nH]nn1. The van der Waals surface area contributed by atoms with Crippen LogP contribution in [0.5, 0.6) is 0 Å². The van der Waals surface area contributed by atoms with E-state index in [1.165, 1.54) is 6.20 Å². The molecule has 0 bridgehead atoms. The number of hydrogen-bond acceptors (Lipinski definition) is 2. The van der Waals surface area contributed by atoms with Gasteiger partial charge < -0.3 is 41.2 Å². The smallest absolute Gasteiger partial charge is 1.00 e. The van der Waals surface area contributed by atoms with Gasteiger partial charge in [0.05, 0.1) is 0 Å². The van der Waals surface area contributed by atoms with Crippen molar-refractivity contribution in [3.63, 3.8) is 0 Å². The second-order valence-corrected chi connectivity index (χ2v) is 1.61. The summed E-state index contributed by atoms with van der Waals surface area (Å²) in [6, 6.07) is 0. The Morgan fingerprint density at radius 2 is 2.08 bits per heavy atom. The van der Waals surface area contributed by atoms with Gasteiger partial charge >= 0.3 is 26.2 Å². The molecule has 0 fully saturated rings. The first-order chi connectivity index (χ1) is 5.00. The molecule has 0 saturated heterocycles. The van der Waals surface area contributed by atoms with Crippen LogP contribution in [0.25, 0.3) is 0 Å². The minimum absolute atomic E-state index is 0. The van der Waals surface area contributed by atoms with Crippen LogP contribution in [0.15, 0.2) is 24.4 Å². The van der Waals surface area contributed by atoms with Crippen molar-refractivity contribution in [2.24, 2.45) is 0 Å². The van der Waals surface area contributed by atoms with Gasteiger partial charge in [0.1, 0.15) is 0 Å². The monoisotopic (exact) mass is 293 g/mol. The molecule has 0 aliphatic heterocycles. The van der Waals surface area contributed by atoms with Gasteiger partial charge in [0.15, 0.2) is 0 Å². The molecule has 0 atom stereocenters. The Hall–Kier alpha value is 0.0831. The maximum Gasteiger partial charge on any atom is 4.00 e. The summed E-state index contributed by atoms with van der Waals surface area (Å²) in [6.45, 7) is 0. The molecule has 1 aromatic rings. The standard InChI is InChI=1S/C5H5.C2H2N3.2ClH.Zr/c2*1-2-4-5-3-1;;;/h1-3H,4H2;1H,(H,3,4,5);2*1H;/q2*-1;;;+4/p-2. The zero-order valence-electron chi connectivity index (χ0n) is 6.67. The van der Waals surface area contributed by atoms with E-state index in [4.69, 9.17) is 0 Å². The molecule has 0 unspecified atom stereocenters. The van der Waals surface area contributed by atoms with Gasteiger partial charge in [0.25, 0.3) is 0 Å². The molecule has 0 amide bonds. The first-order valence-electron chi connectivity index (χ1n) is 2.94. The van der Waals surface area contributed by atoms with Crippen molar-refractivity contribution in [1.29, 1.82) is 0 Å². The fourth-order valence-electron chi connectivity index (χ4n) is 0.485. The van der Waals surface area contributed by atoms with Crippen LogP contribution in [0.3, 0.4) is 0 Å². The number of aromatic nitrogens is 3. The largest absolute Gasteiger partial charge is 4.00 e. The summed E-state index contributed by atoms with van der Waals surface area (Å²) in [5, 5.41) is 9.03. The number of rotatable bonds is 0. The summed E-state index contributed by atoms with van der Waals surface area (Å²) in [7, 11) is 0. The van der Waals surface area contributed by atoms with E-state index in [0.717, 1.165) is 6.42 Å². The Kier molecular flexibility index (Phi) is 21.1. The van der Waals surface area contributed by atoms with E-state index in [1.807, 2.05) is 12.2 Å². The molecular formula is C7H7Cl2N3Zr. The van der Waals surface area contributed by atoms with Gasteiger partial charge in [0.2, 0.25) is 0 Å². The summed E-state index contributed by atoms with van der Waals surface area (Å²) < 4.78 is 0. The van der Waals surface area contributed by atoms with Gasteiger partial charge in [0, 0.05) is 0 Å². The van der Waals surface area contributed by atoms with Gasteiger partial charge in [-0.15, -0.1) is 17.8 Å². The van der Waals surface area contributed by atoms with E-state index in [9.17, 15) is 0 Å². The average molecular weight is 295 g/mol. The van der Waals surface area contributed by atoms with Gasteiger partial charge in [-0.3, -0.25) is 6.08 Å². The maximum atomic E-state index is 3.29. The summed E-state index contributed by atoms with van der Waals surface area (Å²) in [6.07, 6.45) is 14.0. The molecule has 2 rings (SSSR count). The molecule has 0 radical (unpaired) electrons. The Balaban J connectivity index is -0.000000125. The predicted molar refractivity (Wildman–Crippen MR) is 36.8 cm³/mol. The molecule has 1 N–H and O–H groups in total. The van der Waals surface area contributed by atoms with E-state index in [2.05, 4.69) is 33.8 Å². The van der Waals surface area contributed by atoms with E-state index in [0.29, 0.717) is 0 Å². The molecule has 1 aliphatic rings. The first kappa shape index (κ1) is 18.8. The number of H-pyrrole nitrogens is 1. The number of nitrogens with zero attached hydrogens (tertiary/aromatic N) is 2. The van der Waals surface area contributed by atoms with E-state index in [1.54, 1.807) is 0 Å². The third-order valence-electron chi connectivity index (χ3n) is 0.880. The van der Waals surface area contributed by atoms with E-state index in [-0.39, 0.29) is 51.0 Å². The normalized spacial score (nSPS) is 9.85. The summed E-state index contributed by atoms with van der Waals surface area (Å²) in [5.41, 5.74) is 0. The third kappa shape index (κ3) is 12.1. The zero-order chi connectivity index (χ0) is 7.07. The van der Waals surface area contributed by atoms with Crippen LogP contribution in [0.1, 0.15) is 6.42 Å². The van der Waals surface area contributed by atoms with E-state index >= 15 is 0 Å². The number of aromatic amines is 1. The molecule has 0 saturated carbocycles. The van der Waals surface area contributed by atoms with Crippen LogP contribution in [-0.4, -0.2) is 15.4 Å². The van der Waals surface area contributed by atoms with Gasteiger partial charge in [-0.1, -0.05) is 0 Å². The fourth-order valence-corrected chi connectivity index (χ4v) is 0.485. The molecule has 6 heteroatoms. The Labute approximate surface area is 109 Å². The molecule has 3 nitrogen and oxygen atoms in total. The maximum absolute atomic E-state index is 3.29. The molecule has 1 heterocycles. The number of allylic oxidation sites excluding steroid dienone is 4. The van der Waals surface area contributed by atoms with Crippen LogP contribution in [0.2, 0.25) is 0 Å². The average Bonchev–Trinajstić information content (AvgIpc) is 2.67. The summed E-state index contributed by atoms with van der Waals surface area (Å²) in [5.74, 6) is 0. The van der Waals surface area contributed by atoms with E-state index < -0.39 is 0 Å². The summed E-state index contributed by atoms with van der Waals surface area (Å²) in [4.78, 5) is 0. The third-order valence-corrected chi connectivity index (χ3v) is 0.880. The number of halogens is 2. The predicted octanol–water partition coefficient (Wildman–Crippen LogP) is -5.08. The molecule has 68 valence electrons. The van der Waals surface area contributed by atoms with Crippen LogP contribution >= 0.6 is 0 Å². The topological polar surface area (TPSA) is 41.6 Å². The van der Waals surface area contributed by atoms with Crippen molar-refractivity contribution in [3.8, 4) is 0 Å². The van der Waals surface area contributed by atoms with Crippen molar-refractivity contribution in [1.82, 2.24) is 15.4 Å². The Bertz CT molecular complexity index is 184. The van der Waals surface area contributed by atoms with Crippen molar-refractivity contribution in [2.45, 2.75) is 6.42 Å². The van der Waals surface area contributed by atoms with Crippen molar-refractivity contribution in [3.05, 3.63) is 36.7 Å². The first-order valence-corrected chi connectivity index (χ1v) is 2.94. The molecule has 1 aliphatic carbocycles. The molecular weight excluding hydrogens is 288 g/mol. The van der Waals surface area contributed by atoms with Crippen molar-refractivity contribution >= 4 is 0 Å². The van der Waals surface area contributed by atoms with Crippen LogP contribution in [0, 0.1) is 12.3 Å².